The number of hydrogen-bond donors (Lipinski definition) is 2. The molecule has 32 heavy (non-hydrogen) atoms. The molecule has 1 aliphatic carbocycles. The molecular weight excluding hydrogens is 404 g/mol. The Morgan fingerprint density at radius 2 is 1.91 bits per heavy atom. The number of nitrogens with one attached hydrogen (secondary N) is 2. The van der Waals surface area contributed by atoms with E-state index in [4.69, 9.17) is 4.98 Å². The number of nitrogens with zero attached hydrogens (tertiary/aromatic N) is 6. The van der Waals surface area contributed by atoms with Crippen LogP contribution >= 0.6 is 0 Å². The van der Waals surface area contributed by atoms with Crippen LogP contribution in [0.1, 0.15) is 38.5 Å². The molecule has 1 saturated carbocycles. The number of fused-ring (bicyclic) bond motifs is 2. The zero-order valence-corrected chi connectivity index (χ0v) is 17.9. The van der Waals surface area contributed by atoms with Gasteiger partial charge in [0.05, 0.1) is 0 Å². The van der Waals surface area contributed by atoms with Crippen molar-refractivity contribution >= 4 is 28.7 Å². The van der Waals surface area contributed by atoms with E-state index in [9.17, 15) is 4.79 Å². The summed E-state index contributed by atoms with van der Waals surface area (Å²) in [5.74, 6) is 1.85. The van der Waals surface area contributed by atoms with Crippen LogP contribution in [0.5, 0.6) is 0 Å². The van der Waals surface area contributed by atoms with Crippen LogP contribution in [0.2, 0.25) is 0 Å². The highest BCUT2D eigenvalue weighted by Gasteiger charge is 2.30. The van der Waals surface area contributed by atoms with Gasteiger partial charge in [-0.25, -0.2) is 15.0 Å². The molecule has 5 heterocycles. The predicted octanol–water partition coefficient (Wildman–Crippen LogP) is 3.26. The SMILES string of the molecule is O=C(C1CCC(Nc2ncc3c(-c4cnc5nccn5c4)c[nH]c3n2)CC1)N1CCCC1. The Bertz CT molecular complexity index is 1260. The summed E-state index contributed by atoms with van der Waals surface area (Å²) in [6.45, 7) is 1.88. The van der Waals surface area contributed by atoms with E-state index in [0.717, 1.165) is 73.8 Å². The van der Waals surface area contributed by atoms with Gasteiger partial charge in [0, 0.05) is 78.7 Å². The molecule has 0 bridgehead atoms. The number of likely N-dealkylation sites (tertiary alicyclic amines) is 1. The molecule has 9 heteroatoms. The number of aromatic amines is 1. The number of H-pyrrole nitrogens is 1. The molecule has 0 radical (unpaired) electrons. The third kappa shape index (κ3) is 3.47. The molecule has 2 fully saturated rings. The molecule has 4 aromatic rings. The van der Waals surface area contributed by atoms with Crippen molar-refractivity contribution in [3.05, 3.63) is 37.2 Å². The third-order valence-corrected chi connectivity index (χ3v) is 6.82. The van der Waals surface area contributed by atoms with Gasteiger partial charge in [-0.1, -0.05) is 0 Å². The number of aromatic nitrogens is 6. The highest BCUT2D eigenvalue weighted by atomic mass is 16.2. The van der Waals surface area contributed by atoms with Crippen LogP contribution < -0.4 is 5.32 Å². The van der Waals surface area contributed by atoms with Crippen LogP contribution in [-0.4, -0.2) is 59.3 Å². The fraction of sp³-hybridized carbons (Fsp3) is 0.435. The predicted molar refractivity (Wildman–Crippen MR) is 121 cm³/mol. The van der Waals surface area contributed by atoms with Gasteiger partial charge in [-0.2, -0.15) is 4.98 Å². The van der Waals surface area contributed by atoms with Crippen molar-refractivity contribution in [1.82, 2.24) is 34.2 Å². The van der Waals surface area contributed by atoms with Crippen LogP contribution in [0.15, 0.2) is 37.2 Å². The molecular formula is C23H26N8O. The second kappa shape index (κ2) is 7.89. The van der Waals surface area contributed by atoms with E-state index in [0.29, 0.717) is 23.7 Å². The molecule has 2 N–H and O–H groups in total. The summed E-state index contributed by atoms with van der Waals surface area (Å²) in [6, 6.07) is 0.303. The first kappa shape index (κ1) is 19.2. The Balaban J connectivity index is 1.14. The zero-order valence-electron chi connectivity index (χ0n) is 17.9. The molecule has 1 amide bonds. The van der Waals surface area contributed by atoms with E-state index in [-0.39, 0.29) is 5.92 Å². The molecule has 1 saturated heterocycles. The Morgan fingerprint density at radius 3 is 2.75 bits per heavy atom. The summed E-state index contributed by atoms with van der Waals surface area (Å²) in [6.07, 6.45) is 17.4. The van der Waals surface area contributed by atoms with Crippen molar-refractivity contribution in [2.75, 3.05) is 18.4 Å². The summed E-state index contributed by atoms with van der Waals surface area (Å²) < 4.78 is 1.90. The minimum absolute atomic E-state index is 0.182. The van der Waals surface area contributed by atoms with E-state index in [2.05, 4.69) is 30.2 Å². The largest absolute Gasteiger partial charge is 0.351 e. The molecule has 0 atom stereocenters. The van der Waals surface area contributed by atoms with Gasteiger partial charge in [0.15, 0.2) is 0 Å². The summed E-state index contributed by atoms with van der Waals surface area (Å²) in [5, 5.41) is 4.44. The second-order valence-electron chi connectivity index (χ2n) is 8.86. The molecule has 9 nitrogen and oxygen atoms in total. The highest BCUT2D eigenvalue weighted by Crippen LogP contribution is 2.30. The maximum absolute atomic E-state index is 12.7. The number of rotatable bonds is 4. The van der Waals surface area contributed by atoms with Crippen molar-refractivity contribution in [3.8, 4) is 11.1 Å². The van der Waals surface area contributed by atoms with Crippen LogP contribution in [0, 0.1) is 5.92 Å². The van der Waals surface area contributed by atoms with Gasteiger partial charge in [-0.15, -0.1) is 0 Å². The van der Waals surface area contributed by atoms with Gasteiger partial charge < -0.3 is 15.2 Å². The molecule has 1 aliphatic heterocycles. The van der Waals surface area contributed by atoms with Crippen molar-refractivity contribution in [2.45, 2.75) is 44.6 Å². The summed E-state index contributed by atoms with van der Waals surface area (Å²) in [7, 11) is 0. The topological polar surface area (TPSA) is 104 Å². The minimum Gasteiger partial charge on any atom is -0.351 e. The van der Waals surface area contributed by atoms with E-state index in [1.165, 1.54) is 0 Å². The molecule has 164 valence electrons. The van der Waals surface area contributed by atoms with Crippen molar-refractivity contribution in [1.29, 1.82) is 0 Å². The Morgan fingerprint density at radius 1 is 1.06 bits per heavy atom. The fourth-order valence-electron chi connectivity index (χ4n) is 5.03. The first-order valence-corrected chi connectivity index (χ1v) is 11.4. The van der Waals surface area contributed by atoms with Crippen LogP contribution in [0.25, 0.3) is 27.9 Å². The molecule has 0 spiro atoms. The minimum atomic E-state index is 0.182. The Labute approximate surface area is 185 Å². The summed E-state index contributed by atoms with van der Waals surface area (Å²) >= 11 is 0. The van der Waals surface area contributed by atoms with Crippen molar-refractivity contribution < 1.29 is 4.79 Å². The average molecular weight is 431 g/mol. The maximum atomic E-state index is 12.7. The molecule has 6 rings (SSSR count). The number of carbonyl (C=O) groups excluding carboxylic acids is 1. The molecule has 2 aliphatic rings. The fourth-order valence-corrected chi connectivity index (χ4v) is 5.03. The lowest BCUT2D eigenvalue weighted by molar-refractivity contribution is -0.135. The van der Waals surface area contributed by atoms with E-state index in [1.807, 2.05) is 35.4 Å². The quantitative estimate of drug-likeness (QED) is 0.515. The smallest absolute Gasteiger partial charge is 0.233 e. The monoisotopic (exact) mass is 430 g/mol. The van der Waals surface area contributed by atoms with Gasteiger partial charge in [-0.05, 0) is 38.5 Å². The Hall–Kier alpha value is -3.49. The standard InChI is InChI=1S/C23H26N8O/c32-21(30-8-1-2-9-30)15-3-5-17(6-4-15)28-22-26-13-19-18(12-25-20(19)29-22)16-11-27-23-24-7-10-31(23)14-16/h7,10-15,17H,1-6,8-9H2,(H2,25,26,28,29). The molecule has 4 aromatic heterocycles. The summed E-state index contributed by atoms with van der Waals surface area (Å²) in [4.78, 5) is 35.8. The zero-order chi connectivity index (χ0) is 21.5. The van der Waals surface area contributed by atoms with Gasteiger partial charge in [0.2, 0.25) is 17.6 Å². The lowest BCUT2D eigenvalue weighted by Crippen LogP contribution is -2.37. The Kier molecular flexibility index (Phi) is 4.74. The lowest BCUT2D eigenvalue weighted by atomic mass is 9.85. The first-order valence-electron chi connectivity index (χ1n) is 11.4. The van der Waals surface area contributed by atoms with E-state index >= 15 is 0 Å². The van der Waals surface area contributed by atoms with Crippen molar-refractivity contribution in [2.24, 2.45) is 5.92 Å². The van der Waals surface area contributed by atoms with Crippen LogP contribution in [0.4, 0.5) is 5.95 Å². The maximum Gasteiger partial charge on any atom is 0.233 e. The van der Waals surface area contributed by atoms with E-state index in [1.54, 1.807) is 6.20 Å². The third-order valence-electron chi connectivity index (χ3n) is 6.82. The number of imidazole rings is 1. The number of anilines is 1. The number of amides is 1. The van der Waals surface area contributed by atoms with Gasteiger partial charge in [-0.3, -0.25) is 9.20 Å². The van der Waals surface area contributed by atoms with Gasteiger partial charge >= 0.3 is 0 Å². The van der Waals surface area contributed by atoms with Gasteiger partial charge in [0.1, 0.15) is 5.65 Å². The molecule has 0 unspecified atom stereocenters. The van der Waals surface area contributed by atoms with Gasteiger partial charge in [0.25, 0.3) is 0 Å². The first-order chi connectivity index (χ1) is 15.7. The normalized spacial score (nSPS) is 21.4. The van der Waals surface area contributed by atoms with Crippen LogP contribution in [0.3, 0.4) is 0 Å². The highest BCUT2D eigenvalue weighted by molar-refractivity contribution is 5.93. The van der Waals surface area contributed by atoms with Crippen LogP contribution in [-0.2, 0) is 4.79 Å². The summed E-state index contributed by atoms with van der Waals surface area (Å²) in [5.41, 5.74) is 2.78. The van der Waals surface area contributed by atoms with E-state index < -0.39 is 0 Å². The van der Waals surface area contributed by atoms with Crippen molar-refractivity contribution in [3.63, 3.8) is 0 Å². The second-order valence-corrected chi connectivity index (χ2v) is 8.86. The average Bonchev–Trinajstić information content (AvgIpc) is 3.59. The molecule has 0 aromatic carbocycles. The lowest BCUT2D eigenvalue weighted by Gasteiger charge is -2.30. The number of hydrogen-bond acceptors (Lipinski definition) is 6. The number of carbonyl (C=O) groups is 1.